The maximum absolute atomic E-state index is 12.5. The Hall–Kier alpha value is -2.97. The minimum absolute atomic E-state index is 0.126. The number of nitrogens with one attached hydrogen (secondary N) is 2. The van der Waals surface area contributed by atoms with Crippen molar-refractivity contribution in [1.82, 2.24) is 10.6 Å². The van der Waals surface area contributed by atoms with Crippen LogP contribution in [0.15, 0.2) is 12.1 Å². The molecule has 9 heteroatoms. The molecule has 4 fully saturated rings. The van der Waals surface area contributed by atoms with Gasteiger partial charge in [0, 0.05) is 11.1 Å². The van der Waals surface area contributed by atoms with Gasteiger partial charge < -0.3 is 29.6 Å². The third-order valence-electron chi connectivity index (χ3n) is 7.13. The first-order chi connectivity index (χ1) is 15.8. The Kier molecular flexibility index (Phi) is 6.67. The molecule has 4 aliphatic rings. The molecule has 2 amide bonds. The van der Waals surface area contributed by atoms with Crippen LogP contribution in [0.2, 0.25) is 0 Å². The molecule has 5 rings (SSSR count). The Bertz CT molecular complexity index is 869. The average molecular weight is 461 g/mol. The van der Waals surface area contributed by atoms with Gasteiger partial charge in [0.05, 0.1) is 21.3 Å². The molecular formula is C24H32N2O7. The van der Waals surface area contributed by atoms with Crippen molar-refractivity contribution in [3.63, 3.8) is 0 Å². The highest BCUT2D eigenvalue weighted by atomic mass is 16.5. The lowest BCUT2D eigenvalue weighted by Gasteiger charge is -2.56. The quantitative estimate of drug-likeness (QED) is 0.543. The van der Waals surface area contributed by atoms with Crippen LogP contribution >= 0.6 is 0 Å². The van der Waals surface area contributed by atoms with Crippen molar-refractivity contribution < 1.29 is 33.3 Å². The molecule has 2 N–H and O–H groups in total. The predicted octanol–water partition coefficient (Wildman–Crippen LogP) is 2.07. The van der Waals surface area contributed by atoms with Gasteiger partial charge in [0.15, 0.2) is 18.1 Å². The summed E-state index contributed by atoms with van der Waals surface area (Å²) in [5.74, 6) is 1.68. The molecule has 0 unspecified atom stereocenters. The average Bonchev–Trinajstić information content (AvgIpc) is 2.78. The highest BCUT2D eigenvalue weighted by Crippen LogP contribution is 2.55. The normalized spacial score (nSPS) is 26.9. The molecule has 1 aromatic carbocycles. The molecule has 0 saturated heterocycles. The number of ether oxygens (including phenoxy) is 4. The van der Waals surface area contributed by atoms with Gasteiger partial charge in [-0.1, -0.05) is 0 Å². The van der Waals surface area contributed by atoms with Crippen LogP contribution in [0.3, 0.4) is 0 Å². The zero-order valence-corrected chi connectivity index (χ0v) is 19.4. The van der Waals surface area contributed by atoms with E-state index >= 15 is 0 Å². The third-order valence-corrected chi connectivity index (χ3v) is 7.13. The van der Waals surface area contributed by atoms with Crippen LogP contribution in [0, 0.1) is 17.8 Å². The fourth-order valence-corrected chi connectivity index (χ4v) is 6.26. The van der Waals surface area contributed by atoms with Crippen LogP contribution in [-0.2, 0) is 14.3 Å². The molecule has 0 radical (unpaired) electrons. The molecule has 9 nitrogen and oxygen atoms in total. The van der Waals surface area contributed by atoms with Gasteiger partial charge in [-0.25, -0.2) is 0 Å². The van der Waals surface area contributed by atoms with Gasteiger partial charge in [0.25, 0.3) is 11.8 Å². The van der Waals surface area contributed by atoms with E-state index in [9.17, 15) is 14.4 Å². The fourth-order valence-electron chi connectivity index (χ4n) is 6.26. The summed E-state index contributed by atoms with van der Waals surface area (Å²) in [5, 5.41) is 5.66. The number of benzene rings is 1. The minimum atomic E-state index is -0.684. The molecule has 0 aromatic heterocycles. The lowest BCUT2D eigenvalue weighted by molar-refractivity contribution is -0.149. The number of hydrogen-bond acceptors (Lipinski definition) is 7. The maximum Gasteiger partial charge on any atom is 0.325 e. The Labute approximate surface area is 193 Å². The van der Waals surface area contributed by atoms with E-state index in [-0.39, 0.29) is 30.2 Å². The van der Waals surface area contributed by atoms with Crippen LogP contribution in [0.25, 0.3) is 0 Å². The van der Waals surface area contributed by atoms with Crippen molar-refractivity contribution in [1.29, 1.82) is 0 Å². The molecule has 0 heterocycles. The maximum atomic E-state index is 12.5. The van der Waals surface area contributed by atoms with Gasteiger partial charge in [-0.15, -0.1) is 0 Å². The Morgan fingerprint density at radius 3 is 1.94 bits per heavy atom. The lowest BCUT2D eigenvalue weighted by atomic mass is 9.53. The molecule has 4 aliphatic carbocycles. The van der Waals surface area contributed by atoms with Crippen molar-refractivity contribution in [3.05, 3.63) is 17.7 Å². The summed E-state index contributed by atoms with van der Waals surface area (Å²) in [6, 6.07) is 2.97. The highest BCUT2D eigenvalue weighted by Gasteiger charge is 2.51. The standard InChI is InChI=1S/C24H32N2O7/c1-30-18-7-17(8-19(31-2)22(18)32-3)23(29)25-12-21(28)33-13-20(27)26-24-9-14-4-15(10-24)6-16(5-14)11-24/h7-8,14-16H,4-6,9-13H2,1-3H3,(H,25,29)(H,26,27). The van der Waals surface area contributed by atoms with Crippen LogP contribution < -0.4 is 24.8 Å². The summed E-state index contributed by atoms with van der Waals surface area (Å²) in [6.07, 6.45) is 6.96. The Balaban J connectivity index is 1.25. The summed E-state index contributed by atoms with van der Waals surface area (Å²) in [7, 11) is 4.37. The van der Waals surface area contributed by atoms with Gasteiger partial charge in [0.1, 0.15) is 6.54 Å². The Morgan fingerprint density at radius 2 is 1.45 bits per heavy atom. The van der Waals surface area contributed by atoms with E-state index < -0.39 is 11.9 Å². The first-order valence-electron chi connectivity index (χ1n) is 11.4. The second-order valence-corrected chi connectivity index (χ2v) is 9.50. The van der Waals surface area contributed by atoms with Gasteiger partial charge >= 0.3 is 5.97 Å². The van der Waals surface area contributed by atoms with E-state index in [1.807, 2.05) is 0 Å². The summed E-state index contributed by atoms with van der Waals surface area (Å²) in [4.78, 5) is 37.1. The number of carbonyl (C=O) groups is 3. The van der Waals surface area contributed by atoms with Crippen LogP contribution in [0.5, 0.6) is 17.2 Å². The smallest absolute Gasteiger partial charge is 0.325 e. The fraction of sp³-hybridized carbons (Fsp3) is 0.625. The zero-order valence-electron chi connectivity index (χ0n) is 19.4. The van der Waals surface area contributed by atoms with E-state index in [2.05, 4.69) is 10.6 Å². The molecule has 180 valence electrons. The van der Waals surface area contributed by atoms with E-state index in [1.165, 1.54) is 52.7 Å². The van der Waals surface area contributed by atoms with Crippen molar-refractivity contribution in [2.45, 2.75) is 44.1 Å². The SMILES string of the molecule is COc1cc(C(=O)NCC(=O)OCC(=O)NC23CC4CC(CC(C4)C2)C3)cc(OC)c1OC. The lowest BCUT2D eigenvalue weighted by Crippen LogP contribution is -2.60. The number of methoxy groups -OCH3 is 3. The third kappa shape index (κ3) is 5.02. The van der Waals surface area contributed by atoms with Crippen LogP contribution in [-0.4, -0.2) is 57.8 Å². The van der Waals surface area contributed by atoms with Crippen molar-refractivity contribution in [2.75, 3.05) is 34.5 Å². The van der Waals surface area contributed by atoms with Crippen molar-refractivity contribution in [3.8, 4) is 17.2 Å². The van der Waals surface area contributed by atoms with Gasteiger partial charge in [-0.2, -0.15) is 0 Å². The first kappa shape index (κ1) is 23.2. The molecule has 4 bridgehead atoms. The molecular weight excluding hydrogens is 428 g/mol. The summed E-state index contributed by atoms with van der Waals surface area (Å²) in [5.41, 5.74) is 0.107. The van der Waals surface area contributed by atoms with E-state index in [0.717, 1.165) is 19.3 Å². The second-order valence-electron chi connectivity index (χ2n) is 9.50. The number of hydrogen-bond donors (Lipinski definition) is 2. The number of carbonyl (C=O) groups excluding carboxylic acids is 3. The molecule has 0 atom stereocenters. The summed E-state index contributed by atoms with van der Waals surface area (Å²) < 4.78 is 20.8. The predicted molar refractivity (Wildman–Crippen MR) is 118 cm³/mol. The van der Waals surface area contributed by atoms with Crippen LogP contribution in [0.1, 0.15) is 48.9 Å². The van der Waals surface area contributed by atoms with Gasteiger partial charge in [0.2, 0.25) is 5.75 Å². The molecule has 4 saturated carbocycles. The van der Waals surface area contributed by atoms with Gasteiger partial charge in [-0.3, -0.25) is 14.4 Å². The largest absolute Gasteiger partial charge is 0.493 e. The van der Waals surface area contributed by atoms with Crippen molar-refractivity contribution in [2.24, 2.45) is 17.8 Å². The van der Waals surface area contributed by atoms with Crippen molar-refractivity contribution >= 4 is 17.8 Å². The number of esters is 1. The number of rotatable bonds is 9. The molecule has 33 heavy (non-hydrogen) atoms. The van der Waals surface area contributed by atoms with Crippen LogP contribution in [0.4, 0.5) is 0 Å². The zero-order chi connectivity index (χ0) is 23.6. The molecule has 0 spiro atoms. The van der Waals surface area contributed by atoms with Gasteiger partial charge in [-0.05, 0) is 68.4 Å². The topological polar surface area (TPSA) is 112 Å². The van der Waals surface area contributed by atoms with E-state index in [0.29, 0.717) is 35.0 Å². The monoisotopic (exact) mass is 460 g/mol. The molecule has 0 aliphatic heterocycles. The van der Waals surface area contributed by atoms with E-state index in [1.54, 1.807) is 0 Å². The number of amides is 2. The summed E-state index contributed by atoms with van der Waals surface area (Å²) in [6.45, 7) is -0.708. The highest BCUT2D eigenvalue weighted by molar-refractivity contribution is 5.97. The molecule has 1 aromatic rings. The first-order valence-corrected chi connectivity index (χ1v) is 11.4. The minimum Gasteiger partial charge on any atom is -0.493 e. The second kappa shape index (κ2) is 9.49. The van der Waals surface area contributed by atoms with E-state index in [4.69, 9.17) is 18.9 Å². The summed E-state index contributed by atoms with van der Waals surface area (Å²) >= 11 is 0. The Morgan fingerprint density at radius 1 is 0.909 bits per heavy atom.